The molecule has 0 heterocycles. The van der Waals surface area contributed by atoms with Gasteiger partial charge in [0.15, 0.2) is 0 Å². The van der Waals surface area contributed by atoms with Gasteiger partial charge in [0.1, 0.15) is 5.60 Å². The Morgan fingerprint density at radius 2 is 1.83 bits per heavy atom. The normalized spacial score (nSPS) is 17.3. The van der Waals surface area contributed by atoms with Crippen molar-refractivity contribution in [2.45, 2.75) is 50.2 Å². The standard InChI is InChI=1S/C15H18F2N2O4/c1-13(2,10-4-6-11(7-5-10)19(22)23)18-12(20)15(16,17)14(21)8-3-9-14/h4-7,21H,3,8-9H2,1-2H3,(H,18,20). The summed E-state index contributed by atoms with van der Waals surface area (Å²) in [5.74, 6) is -5.44. The zero-order chi connectivity index (χ0) is 17.5. The highest BCUT2D eigenvalue weighted by Crippen LogP contribution is 2.44. The van der Waals surface area contributed by atoms with Crippen LogP contribution in [0, 0.1) is 10.1 Å². The summed E-state index contributed by atoms with van der Waals surface area (Å²) in [5.41, 5.74) is -3.16. The largest absolute Gasteiger partial charge is 0.383 e. The maximum absolute atomic E-state index is 14.1. The van der Waals surface area contributed by atoms with E-state index in [2.05, 4.69) is 5.32 Å². The molecule has 0 unspecified atom stereocenters. The van der Waals surface area contributed by atoms with Crippen molar-refractivity contribution in [2.24, 2.45) is 0 Å². The summed E-state index contributed by atoms with van der Waals surface area (Å²) in [4.78, 5) is 22.0. The Bertz CT molecular complexity index is 625. The zero-order valence-corrected chi connectivity index (χ0v) is 12.8. The minimum Gasteiger partial charge on any atom is -0.383 e. The second kappa shape index (κ2) is 5.52. The average Bonchev–Trinajstić information content (AvgIpc) is 2.44. The third-order valence-corrected chi connectivity index (χ3v) is 4.28. The van der Waals surface area contributed by atoms with E-state index in [4.69, 9.17) is 0 Å². The van der Waals surface area contributed by atoms with Crippen molar-refractivity contribution in [1.29, 1.82) is 0 Å². The van der Waals surface area contributed by atoms with Crippen molar-refractivity contribution < 1.29 is 23.6 Å². The summed E-state index contributed by atoms with van der Waals surface area (Å²) in [5, 5.41) is 22.6. The smallest absolute Gasteiger partial charge is 0.352 e. The molecular weight excluding hydrogens is 310 g/mol. The van der Waals surface area contributed by atoms with Crippen LogP contribution in [0.15, 0.2) is 24.3 Å². The van der Waals surface area contributed by atoms with Gasteiger partial charge in [-0.1, -0.05) is 0 Å². The Hall–Kier alpha value is -2.09. The molecule has 23 heavy (non-hydrogen) atoms. The first kappa shape index (κ1) is 17.3. The number of carbonyl (C=O) groups excluding carboxylic acids is 1. The molecule has 126 valence electrons. The fourth-order valence-electron chi connectivity index (χ4n) is 2.47. The van der Waals surface area contributed by atoms with E-state index in [1.54, 1.807) is 0 Å². The number of nitrogens with zero attached hydrogens (tertiary/aromatic N) is 1. The van der Waals surface area contributed by atoms with Gasteiger partial charge in [-0.05, 0) is 50.8 Å². The van der Waals surface area contributed by atoms with E-state index in [9.17, 15) is 28.8 Å². The fourth-order valence-corrected chi connectivity index (χ4v) is 2.47. The number of alkyl halides is 2. The van der Waals surface area contributed by atoms with E-state index in [0.29, 0.717) is 12.0 Å². The van der Waals surface area contributed by atoms with Crippen LogP contribution in [0.4, 0.5) is 14.5 Å². The lowest BCUT2D eigenvalue weighted by atomic mass is 9.75. The molecule has 8 heteroatoms. The van der Waals surface area contributed by atoms with Gasteiger partial charge >= 0.3 is 5.92 Å². The van der Waals surface area contributed by atoms with Crippen molar-refractivity contribution in [3.63, 3.8) is 0 Å². The molecular formula is C15H18F2N2O4. The number of nitro groups is 1. The lowest BCUT2D eigenvalue weighted by Gasteiger charge is -2.42. The molecule has 0 bridgehead atoms. The number of nitro benzene ring substituents is 1. The third-order valence-electron chi connectivity index (χ3n) is 4.28. The number of amides is 1. The molecule has 1 aliphatic carbocycles. The molecule has 2 rings (SSSR count). The molecule has 0 aliphatic heterocycles. The zero-order valence-electron chi connectivity index (χ0n) is 12.8. The highest BCUT2D eigenvalue weighted by Gasteiger charge is 2.61. The van der Waals surface area contributed by atoms with Crippen molar-refractivity contribution in [2.75, 3.05) is 0 Å². The van der Waals surface area contributed by atoms with Crippen LogP contribution in [0.5, 0.6) is 0 Å². The second-order valence-electron chi connectivity index (χ2n) is 6.34. The second-order valence-corrected chi connectivity index (χ2v) is 6.34. The van der Waals surface area contributed by atoms with Crippen molar-refractivity contribution >= 4 is 11.6 Å². The van der Waals surface area contributed by atoms with Crippen LogP contribution in [0.25, 0.3) is 0 Å². The van der Waals surface area contributed by atoms with E-state index in [-0.39, 0.29) is 18.5 Å². The summed E-state index contributed by atoms with van der Waals surface area (Å²) in [6, 6.07) is 5.27. The predicted octanol–water partition coefficient (Wildman–Crippen LogP) is 2.50. The summed E-state index contributed by atoms with van der Waals surface area (Å²) in [7, 11) is 0. The topological polar surface area (TPSA) is 92.5 Å². The first-order valence-corrected chi connectivity index (χ1v) is 7.17. The molecule has 1 aromatic carbocycles. The fraction of sp³-hybridized carbons (Fsp3) is 0.533. The Labute approximate surface area is 131 Å². The maximum atomic E-state index is 14.1. The lowest BCUT2D eigenvalue weighted by molar-refractivity contribution is -0.384. The molecule has 0 saturated heterocycles. The maximum Gasteiger partial charge on any atom is 0.352 e. The molecule has 1 fully saturated rings. The van der Waals surface area contributed by atoms with Crippen molar-refractivity contribution in [1.82, 2.24) is 5.32 Å². The first-order valence-electron chi connectivity index (χ1n) is 7.17. The first-order chi connectivity index (χ1) is 10.5. The van der Waals surface area contributed by atoms with Gasteiger partial charge in [-0.15, -0.1) is 0 Å². The molecule has 0 atom stereocenters. The number of nitrogens with one attached hydrogen (secondary N) is 1. The van der Waals surface area contributed by atoms with Crippen LogP contribution in [0.1, 0.15) is 38.7 Å². The third kappa shape index (κ3) is 3.03. The van der Waals surface area contributed by atoms with Crippen molar-refractivity contribution in [3.05, 3.63) is 39.9 Å². The number of carbonyl (C=O) groups is 1. The summed E-state index contributed by atoms with van der Waals surface area (Å²) < 4.78 is 28.2. The van der Waals surface area contributed by atoms with Gasteiger partial charge in [0.25, 0.3) is 11.6 Å². The minimum atomic E-state index is -3.89. The van der Waals surface area contributed by atoms with Crippen LogP contribution < -0.4 is 5.32 Å². The molecule has 1 amide bonds. The van der Waals surface area contributed by atoms with E-state index in [1.165, 1.54) is 38.1 Å². The highest BCUT2D eigenvalue weighted by atomic mass is 19.3. The summed E-state index contributed by atoms with van der Waals surface area (Å²) >= 11 is 0. The minimum absolute atomic E-state index is 0.120. The Balaban J connectivity index is 2.16. The van der Waals surface area contributed by atoms with Crippen LogP contribution in [-0.2, 0) is 10.3 Å². The SMILES string of the molecule is CC(C)(NC(=O)C(F)(F)C1(O)CCC1)c1ccc([N+](=O)[O-])cc1. The van der Waals surface area contributed by atoms with Gasteiger partial charge in [-0.2, -0.15) is 8.78 Å². The number of halogens is 2. The molecule has 0 aromatic heterocycles. The quantitative estimate of drug-likeness (QED) is 0.641. The number of hydrogen-bond donors (Lipinski definition) is 2. The monoisotopic (exact) mass is 328 g/mol. The van der Waals surface area contributed by atoms with Gasteiger partial charge in [0, 0.05) is 12.1 Å². The van der Waals surface area contributed by atoms with E-state index in [1.807, 2.05) is 0 Å². The molecule has 6 nitrogen and oxygen atoms in total. The molecule has 2 N–H and O–H groups in total. The number of hydrogen-bond acceptors (Lipinski definition) is 4. The van der Waals surface area contributed by atoms with Crippen LogP contribution in [0.2, 0.25) is 0 Å². The molecule has 0 spiro atoms. The molecule has 1 aliphatic rings. The van der Waals surface area contributed by atoms with Gasteiger partial charge in [0.2, 0.25) is 0 Å². The highest BCUT2D eigenvalue weighted by molar-refractivity contribution is 5.85. The lowest BCUT2D eigenvalue weighted by Crippen LogP contribution is -2.62. The van der Waals surface area contributed by atoms with Crippen LogP contribution in [-0.4, -0.2) is 27.5 Å². The number of rotatable bonds is 5. The predicted molar refractivity (Wildman–Crippen MR) is 78.0 cm³/mol. The number of aliphatic hydroxyl groups is 1. The van der Waals surface area contributed by atoms with E-state index in [0.717, 1.165) is 0 Å². The van der Waals surface area contributed by atoms with Crippen molar-refractivity contribution in [3.8, 4) is 0 Å². The number of non-ortho nitro benzene ring substituents is 1. The van der Waals surface area contributed by atoms with Gasteiger partial charge in [0.05, 0.1) is 10.5 Å². The van der Waals surface area contributed by atoms with E-state index < -0.39 is 27.9 Å². The average molecular weight is 328 g/mol. The van der Waals surface area contributed by atoms with Crippen LogP contribution >= 0.6 is 0 Å². The van der Waals surface area contributed by atoms with E-state index >= 15 is 0 Å². The Morgan fingerprint density at radius 3 is 2.22 bits per heavy atom. The molecule has 0 radical (unpaired) electrons. The number of benzene rings is 1. The van der Waals surface area contributed by atoms with Gasteiger partial charge in [-0.25, -0.2) is 0 Å². The summed E-state index contributed by atoms with van der Waals surface area (Å²) in [6.45, 7) is 3.01. The van der Waals surface area contributed by atoms with Gasteiger partial charge < -0.3 is 10.4 Å². The Morgan fingerprint density at radius 1 is 1.30 bits per heavy atom. The summed E-state index contributed by atoms with van der Waals surface area (Å²) in [6.07, 6.45) is 0.210. The van der Waals surface area contributed by atoms with Crippen LogP contribution in [0.3, 0.4) is 0 Å². The van der Waals surface area contributed by atoms with Gasteiger partial charge in [-0.3, -0.25) is 14.9 Å². The molecule has 1 saturated carbocycles. The Kier molecular flexibility index (Phi) is 4.14. The molecule has 1 aromatic rings.